The first kappa shape index (κ1) is 11.0. The van der Waals surface area contributed by atoms with Crippen LogP contribution in [0.5, 0.6) is 0 Å². The fourth-order valence-corrected chi connectivity index (χ4v) is 2.01. The first-order valence-electron chi connectivity index (χ1n) is 4.59. The van der Waals surface area contributed by atoms with E-state index in [2.05, 4.69) is 69.3 Å². The van der Waals surface area contributed by atoms with Crippen LogP contribution in [-0.2, 0) is 5.41 Å². The lowest BCUT2D eigenvalue weighted by atomic mass is 9.85. The summed E-state index contributed by atoms with van der Waals surface area (Å²) < 4.78 is 1.38. The molecular formula is C12H17I. The Morgan fingerprint density at radius 1 is 1.08 bits per heavy atom. The van der Waals surface area contributed by atoms with E-state index in [1.807, 2.05) is 0 Å². The fraction of sp³-hybridized carbons (Fsp3) is 0.500. The number of halogens is 1. The second-order valence-electron chi connectivity index (χ2n) is 4.65. The molecule has 0 radical (unpaired) electrons. The van der Waals surface area contributed by atoms with Crippen LogP contribution in [0.1, 0.15) is 37.5 Å². The van der Waals surface area contributed by atoms with E-state index < -0.39 is 0 Å². The lowest BCUT2D eigenvalue weighted by molar-refractivity contribution is 0.589. The van der Waals surface area contributed by atoms with Crippen LogP contribution < -0.4 is 0 Å². The van der Waals surface area contributed by atoms with Crippen LogP contribution in [0.2, 0.25) is 0 Å². The van der Waals surface area contributed by atoms with Crippen molar-refractivity contribution in [2.24, 2.45) is 0 Å². The smallest absolute Gasteiger partial charge is 0.0165 e. The Balaban J connectivity index is 3.29. The molecule has 0 aliphatic rings. The average Bonchev–Trinajstić information content (AvgIpc) is 1.97. The highest BCUT2D eigenvalue weighted by Gasteiger charge is 2.15. The molecule has 0 unspecified atom stereocenters. The molecular weight excluding hydrogens is 271 g/mol. The largest absolute Gasteiger partial charge is 0.0561 e. The van der Waals surface area contributed by atoms with E-state index in [-0.39, 0.29) is 5.41 Å². The zero-order valence-corrected chi connectivity index (χ0v) is 11.2. The molecule has 0 spiro atoms. The zero-order valence-electron chi connectivity index (χ0n) is 9.03. The number of aryl methyl sites for hydroxylation is 1. The van der Waals surface area contributed by atoms with E-state index in [4.69, 9.17) is 0 Å². The van der Waals surface area contributed by atoms with Gasteiger partial charge in [-0.3, -0.25) is 0 Å². The Kier molecular flexibility index (Phi) is 3.05. The SMILES string of the molecule is Cc1cc(C(C)(C)C)cc(I)c1C. The molecule has 0 heterocycles. The second kappa shape index (κ2) is 3.60. The van der Waals surface area contributed by atoms with E-state index in [9.17, 15) is 0 Å². The molecule has 0 aliphatic heterocycles. The molecule has 0 saturated heterocycles. The quantitative estimate of drug-likeness (QED) is 0.627. The molecule has 1 aromatic carbocycles. The summed E-state index contributed by atoms with van der Waals surface area (Å²) in [5, 5.41) is 0. The van der Waals surface area contributed by atoms with Crippen molar-refractivity contribution in [2.45, 2.75) is 40.0 Å². The van der Waals surface area contributed by atoms with E-state index in [0.29, 0.717) is 0 Å². The molecule has 0 nitrogen and oxygen atoms in total. The Bertz CT molecular complexity index is 295. The maximum atomic E-state index is 2.42. The van der Waals surface area contributed by atoms with Gasteiger partial charge in [0, 0.05) is 3.57 Å². The van der Waals surface area contributed by atoms with Crippen LogP contribution >= 0.6 is 22.6 Å². The van der Waals surface area contributed by atoms with Crippen LogP contribution in [0.15, 0.2) is 12.1 Å². The van der Waals surface area contributed by atoms with Crippen molar-refractivity contribution in [2.75, 3.05) is 0 Å². The minimum absolute atomic E-state index is 0.262. The Morgan fingerprint density at radius 2 is 1.62 bits per heavy atom. The third-order valence-electron chi connectivity index (χ3n) is 2.47. The second-order valence-corrected chi connectivity index (χ2v) is 5.81. The summed E-state index contributed by atoms with van der Waals surface area (Å²) in [7, 11) is 0. The summed E-state index contributed by atoms with van der Waals surface area (Å²) in [6.07, 6.45) is 0. The van der Waals surface area contributed by atoms with Gasteiger partial charge >= 0.3 is 0 Å². The highest BCUT2D eigenvalue weighted by atomic mass is 127. The van der Waals surface area contributed by atoms with Gasteiger partial charge in [-0.05, 0) is 64.6 Å². The van der Waals surface area contributed by atoms with Crippen molar-refractivity contribution in [3.63, 3.8) is 0 Å². The lowest BCUT2D eigenvalue weighted by Crippen LogP contribution is -2.12. The van der Waals surface area contributed by atoms with Crippen molar-refractivity contribution in [1.82, 2.24) is 0 Å². The van der Waals surface area contributed by atoms with Crippen molar-refractivity contribution >= 4 is 22.6 Å². The van der Waals surface area contributed by atoms with Gasteiger partial charge < -0.3 is 0 Å². The third kappa shape index (κ3) is 2.46. The molecule has 0 fully saturated rings. The predicted molar refractivity (Wildman–Crippen MR) is 67.3 cm³/mol. The van der Waals surface area contributed by atoms with Crippen LogP contribution in [0.3, 0.4) is 0 Å². The monoisotopic (exact) mass is 288 g/mol. The van der Waals surface area contributed by atoms with Crippen molar-refractivity contribution in [3.05, 3.63) is 32.4 Å². The first-order chi connectivity index (χ1) is 5.82. The molecule has 0 saturated carbocycles. The van der Waals surface area contributed by atoms with Gasteiger partial charge in [0.1, 0.15) is 0 Å². The summed E-state index contributed by atoms with van der Waals surface area (Å²) in [6, 6.07) is 4.60. The van der Waals surface area contributed by atoms with Crippen molar-refractivity contribution < 1.29 is 0 Å². The van der Waals surface area contributed by atoms with Gasteiger partial charge in [0.05, 0.1) is 0 Å². The molecule has 13 heavy (non-hydrogen) atoms. The average molecular weight is 288 g/mol. The van der Waals surface area contributed by atoms with Crippen molar-refractivity contribution in [3.8, 4) is 0 Å². The van der Waals surface area contributed by atoms with Crippen LogP contribution in [0, 0.1) is 17.4 Å². The van der Waals surface area contributed by atoms with E-state index in [1.54, 1.807) is 0 Å². The Labute approximate surface area is 94.9 Å². The van der Waals surface area contributed by atoms with E-state index in [0.717, 1.165) is 0 Å². The maximum absolute atomic E-state index is 2.42. The molecule has 1 rings (SSSR count). The molecule has 1 heteroatoms. The normalized spacial score (nSPS) is 11.8. The van der Waals surface area contributed by atoms with Gasteiger partial charge in [-0.2, -0.15) is 0 Å². The first-order valence-corrected chi connectivity index (χ1v) is 5.67. The van der Waals surface area contributed by atoms with Crippen LogP contribution in [0.25, 0.3) is 0 Å². The topological polar surface area (TPSA) is 0 Å². The highest BCUT2D eigenvalue weighted by molar-refractivity contribution is 14.1. The molecule has 0 N–H and O–H groups in total. The molecule has 0 aromatic heterocycles. The summed E-state index contributed by atoms with van der Waals surface area (Å²) >= 11 is 2.42. The number of hydrogen-bond donors (Lipinski definition) is 0. The molecule has 0 amide bonds. The van der Waals surface area contributed by atoms with E-state index >= 15 is 0 Å². The third-order valence-corrected chi connectivity index (χ3v) is 3.59. The molecule has 0 atom stereocenters. The van der Waals surface area contributed by atoms with Crippen molar-refractivity contribution in [1.29, 1.82) is 0 Å². The summed E-state index contributed by atoms with van der Waals surface area (Å²) in [6.45, 7) is 11.1. The minimum Gasteiger partial charge on any atom is -0.0561 e. The van der Waals surface area contributed by atoms with Crippen LogP contribution in [0.4, 0.5) is 0 Å². The minimum atomic E-state index is 0.262. The number of hydrogen-bond acceptors (Lipinski definition) is 0. The predicted octanol–water partition coefficient (Wildman–Crippen LogP) is 4.21. The van der Waals surface area contributed by atoms with Gasteiger partial charge in [-0.15, -0.1) is 0 Å². The fourth-order valence-electron chi connectivity index (χ4n) is 1.25. The van der Waals surface area contributed by atoms with E-state index in [1.165, 1.54) is 20.3 Å². The zero-order chi connectivity index (χ0) is 10.2. The Hall–Kier alpha value is -0.0500. The van der Waals surface area contributed by atoms with Crippen LogP contribution in [-0.4, -0.2) is 0 Å². The number of benzene rings is 1. The molecule has 72 valence electrons. The summed E-state index contributed by atoms with van der Waals surface area (Å²) in [4.78, 5) is 0. The summed E-state index contributed by atoms with van der Waals surface area (Å²) in [5.74, 6) is 0. The van der Waals surface area contributed by atoms with Gasteiger partial charge in [0.15, 0.2) is 0 Å². The lowest BCUT2D eigenvalue weighted by Gasteiger charge is -2.21. The molecule has 0 aliphatic carbocycles. The van der Waals surface area contributed by atoms with Gasteiger partial charge in [-0.25, -0.2) is 0 Å². The van der Waals surface area contributed by atoms with Gasteiger partial charge in [0.25, 0.3) is 0 Å². The standard InChI is InChI=1S/C12H17I/c1-8-6-10(12(3,4)5)7-11(13)9(8)2/h6-7H,1-5H3. The maximum Gasteiger partial charge on any atom is 0.0165 e. The summed E-state index contributed by atoms with van der Waals surface area (Å²) in [5.41, 5.74) is 4.50. The molecule has 1 aromatic rings. The highest BCUT2D eigenvalue weighted by Crippen LogP contribution is 2.27. The number of rotatable bonds is 0. The molecule has 0 bridgehead atoms. The van der Waals surface area contributed by atoms with Gasteiger partial charge in [-0.1, -0.05) is 26.8 Å². The Morgan fingerprint density at radius 3 is 2.00 bits per heavy atom. The van der Waals surface area contributed by atoms with Gasteiger partial charge in [0.2, 0.25) is 0 Å².